The molecular weight excluding hydrogens is 316 g/mol. The average molecular weight is 335 g/mol. The van der Waals surface area contributed by atoms with Gasteiger partial charge in [0.25, 0.3) is 0 Å². The van der Waals surface area contributed by atoms with Crippen molar-refractivity contribution in [2.45, 2.75) is 19.6 Å². The predicted molar refractivity (Wildman–Crippen MR) is 89.9 cm³/mol. The molecule has 2 amide bonds. The van der Waals surface area contributed by atoms with Crippen LogP contribution in [0.1, 0.15) is 12.5 Å². The first-order valence-electron chi connectivity index (χ1n) is 7.28. The fourth-order valence-corrected chi connectivity index (χ4v) is 2.24. The second-order valence-corrected chi connectivity index (χ2v) is 5.40. The number of phenols is 1. The van der Waals surface area contributed by atoms with E-state index in [1.807, 2.05) is 24.3 Å². The maximum absolute atomic E-state index is 11.8. The van der Waals surface area contributed by atoms with Crippen LogP contribution in [0.15, 0.2) is 48.5 Å². The Morgan fingerprint density at radius 1 is 1.22 bits per heavy atom. The van der Waals surface area contributed by atoms with E-state index >= 15 is 0 Å². The molecule has 23 heavy (non-hydrogen) atoms. The van der Waals surface area contributed by atoms with Gasteiger partial charge in [0.05, 0.1) is 0 Å². The number of nitrogens with one attached hydrogen (secondary N) is 2. The Hall–Kier alpha value is -2.40. The zero-order valence-corrected chi connectivity index (χ0v) is 13.5. The van der Waals surface area contributed by atoms with Gasteiger partial charge < -0.3 is 20.5 Å². The number of hydrogen-bond donors (Lipinski definition) is 3. The zero-order valence-electron chi connectivity index (χ0n) is 12.8. The average Bonchev–Trinajstić information content (AvgIpc) is 2.51. The molecule has 0 heterocycles. The standard InChI is InChI=1S/C17H19ClN2O3/c1-12(23-15-8-6-14(21)7-9-15)20-17(22)19-11-10-13-4-2-3-5-16(13)18/h2-9,12,21H,10-11H2,1H3,(H2,19,20,22). The third-order valence-corrected chi connectivity index (χ3v) is 3.49. The van der Waals surface area contributed by atoms with Gasteiger partial charge in [0.1, 0.15) is 11.5 Å². The van der Waals surface area contributed by atoms with Gasteiger partial charge in [0.15, 0.2) is 6.23 Å². The molecule has 3 N–H and O–H groups in total. The van der Waals surface area contributed by atoms with Crippen molar-refractivity contribution in [3.8, 4) is 11.5 Å². The molecule has 0 aliphatic rings. The summed E-state index contributed by atoms with van der Waals surface area (Å²) in [6.07, 6.45) is 0.153. The number of halogens is 1. The lowest BCUT2D eigenvalue weighted by atomic mass is 10.1. The van der Waals surface area contributed by atoms with Crippen LogP contribution in [-0.4, -0.2) is 23.9 Å². The van der Waals surface area contributed by atoms with Crippen LogP contribution in [0, 0.1) is 0 Å². The summed E-state index contributed by atoms with van der Waals surface area (Å²) in [5.41, 5.74) is 0.989. The SMILES string of the molecule is CC(NC(=O)NCCc1ccccc1Cl)Oc1ccc(O)cc1. The molecule has 0 radical (unpaired) electrons. The molecule has 0 aliphatic carbocycles. The molecule has 2 aromatic rings. The summed E-state index contributed by atoms with van der Waals surface area (Å²) in [6, 6.07) is 13.5. The number of ether oxygens (including phenoxy) is 1. The van der Waals surface area contributed by atoms with Crippen molar-refractivity contribution in [2.24, 2.45) is 0 Å². The van der Waals surface area contributed by atoms with Crippen molar-refractivity contribution >= 4 is 17.6 Å². The molecule has 0 bridgehead atoms. The van der Waals surface area contributed by atoms with Crippen LogP contribution in [0.25, 0.3) is 0 Å². The van der Waals surface area contributed by atoms with Gasteiger partial charge in [-0.3, -0.25) is 0 Å². The number of urea groups is 1. The van der Waals surface area contributed by atoms with E-state index in [0.717, 1.165) is 5.56 Å². The van der Waals surface area contributed by atoms with Crippen LogP contribution in [0.5, 0.6) is 11.5 Å². The number of amides is 2. The van der Waals surface area contributed by atoms with E-state index in [4.69, 9.17) is 16.3 Å². The van der Waals surface area contributed by atoms with E-state index in [-0.39, 0.29) is 11.8 Å². The Balaban J connectivity index is 1.71. The van der Waals surface area contributed by atoms with Crippen LogP contribution in [0.2, 0.25) is 5.02 Å². The van der Waals surface area contributed by atoms with E-state index in [1.54, 1.807) is 19.1 Å². The highest BCUT2D eigenvalue weighted by Crippen LogP contribution is 2.17. The summed E-state index contributed by atoms with van der Waals surface area (Å²) in [7, 11) is 0. The van der Waals surface area contributed by atoms with Crippen LogP contribution in [0.4, 0.5) is 4.79 Å². The predicted octanol–water partition coefficient (Wildman–Crippen LogP) is 3.31. The van der Waals surface area contributed by atoms with E-state index in [1.165, 1.54) is 12.1 Å². The largest absolute Gasteiger partial charge is 0.508 e. The lowest BCUT2D eigenvalue weighted by molar-refractivity contribution is 0.177. The summed E-state index contributed by atoms with van der Waals surface area (Å²) in [5, 5.41) is 15.3. The number of phenolic OH excluding ortho intramolecular Hbond substituents is 1. The van der Waals surface area contributed by atoms with Crippen LogP contribution in [0.3, 0.4) is 0 Å². The van der Waals surface area contributed by atoms with Crippen molar-refractivity contribution in [1.82, 2.24) is 10.6 Å². The molecule has 2 rings (SSSR count). The molecule has 0 saturated heterocycles. The minimum Gasteiger partial charge on any atom is -0.508 e. The maximum atomic E-state index is 11.8. The van der Waals surface area contributed by atoms with E-state index in [0.29, 0.717) is 23.7 Å². The van der Waals surface area contributed by atoms with Gasteiger partial charge in [0, 0.05) is 11.6 Å². The number of benzene rings is 2. The molecule has 0 aromatic heterocycles. The third-order valence-electron chi connectivity index (χ3n) is 3.12. The first kappa shape index (κ1) is 17.0. The molecule has 6 heteroatoms. The topological polar surface area (TPSA) is 70.6 Å². The number of carbonyl (C=O) groups excluding carboxylic acids is 1. The van der Waals surface area contributed by atoms with Gasteiger partial charge in [-0.2, -0.15) is 0 Å². The molecule has 5 nitrogen and oxygen atoms in total. The first-order chi connectivity index (χ1) is 11.0. The van der Waals surface area contributed by atoms with Crippen molar-refractivity contribution in [1.29, 1.82) is 0 Å². The summed E-state index contributed by atoms with van der Waals surface area (Å²) in [5.74, 6) is 0.724. The molecular formula is C17H19ClN2O3. The van der Waals surface area contributed by atoms with E-state index in [2.05, 4.69) is 10.6 Å². The second kappa shape index (κ2) is 8.29. The molecule has 0 saturated carbocycles. The lowest BCUT2D eigenvalue weighted by Gasteiger charge is -2.17. The van der Waals surface area contributed by atoms with Crippen molar-refractivity contribution < 1.29 is 14.6 Å². The number of carbonyl (C=O) groups is 1. The van der Waals surface area contributed by atoms with Crippen molar-refractivity contribution in [2.75, 3.05) is 6.54 Å². The van der Waals surface area contributed by atoms with E-state index in [9.17, 15) is 9.90 Å². The summed E-state index contributed by atoms with van der Waals surface area (Å²) >= 11 is 6.06. The summed E-state index contributed by atoms with van der Waals surface area (Å²) in [4.78, 5) is 11.8. The van der Waals surface area contributed by atoms with Gasteiger partial charge >= 0.3 is 6.03 Å². The molecule has 1 unspecified atom stereocenters. The van der Waals surface area contributed by atoms with Gasteiger partial charge in [-0.25, -0.2) is 4.79 Å². The summed E-state index contributed by atoms with van der Waals surface area (Å²) in [6.45, 7) is 2.20. The Morgan fingerprint density at radius 3 is 2.61 bits per heavy atom. The Labute approximate surface area is 140 Å². The highest BCUT2D eigenvalue weighted by molar-refractivity contribution is 6.31. The highest BCUT2D eigenvalue weighted by atomic mass is 35.5. The maximum Gasteiger partial charge on any atom is 0.317 e. The van der Waals surface area contributed by atoms with Gasteiger partial charge in [-0.15, -0.1) is 0 Å². The van der Waals surface area contributed by atoms with E-state index < -0.39 is 6.23 Å². The lowest BCUT2D eigenvalue weighted by Crippen LogP contribution is -2.43. The first-order valence-corrected chi connectivity index (χ1v) is 7.66. The molecule has 0 aliphatic heterocycles. The monoisotopic (exact) mass is 334 g/mol. The van der Waals surface area contributed by atoms with Crippen molar-refractivity contribution in [3.63, 3.8) is 0 Å². The highest BCUT2D eigenvalue weighted by Gasteiger charge is 2.08. The van der Waals surface area contributed by atoms with Crippen LogP contribution in [-0.2, 0) is 6.42 Å². The Bertz CT molecular complexity index is 647. The van der Waals surface area contributed by atoms with Crippen LogP contribution < -0.4 is 15.4 Å². The Morgan fingerprint density at radius 2 is 1.91 bits per heavy atom. The quantitative estimate of drug-likeness (QED) is 0.710. The van der Waals surface area contributed by atoms with Crippen LogP contribution >= 0.6 is 11.6 Å². The van der Waals surface area contributed by atoms with Gasteiger partial charge in [-0.05, 0) is 49.2 Å². The van der Waals surface area contributed by atoms with Crippen molar-refractivity contribution in [3.05, 3.63) is 59.1 Å². The fourth-order valence-electron chi connectivity index (χ4n) is 2.01. The number of hydrogen-bond acceptors (Lipinski definition) is 3. The number of rotatable bonds is 6. The normalized spacial score (nSPS) is 11.6. The Kier molecular flexibility index (Phi) is 6.11. The van der Waals surface area contributed by atoms with Gasteiger partial charge in [0.2, 0.25) is 0 Å². The molecule has 0 fully saturated rings. The molecule has 1 atom stereocenters. The summed E-state index contributed by atoms with van der Waals surface area (Å²) < 4.78 is 5.52. The third kappa shape index (κ3) is 5.71. The van der Waals surface area contributed by atoms with Gasteiger partial charge in [-0.1, -0.05) is 29.8 Å². The number of aromatic hydroxyl groups is 1. The minimum atomic E-state index is -0.500. The zero-order chi connectivity index (χ0) is 16.7. The molecule has 2 aromatic carbocycles. The smallest absolute Gasteiger partial charge is 0.317 e. The molecule has 0 spiro atoms. The molecule has 122 valence electrons. The fraction of sp³-hybridized carbons (Fsp3) is 0.235. The second-order valence-electron chi connectivity index (χ2n) is 5.00. The minimum absolute atomic E-state index is 0.162.